The molecule has 1 aromatic heterocycles. The molecule has 0 aliphatic rings. The van der Waals surface area contributed by atoms with E-state index < -0.39 is 0 Å². The van der Waals surface area contributed by atoms with Crippen LogP contribution < -0.4 is 14.8 Å². The molecule has 3 aromatic rings. The number of aryl methyl sites for hydroxylation is 1. The fraction of sp³-hybridized carbons (Fsp3) is 0.167. The average Bonchev–Trinajstić information content (AvgIpc) is 2.77. The number of halogens is 1. The molecule has 0 spiro atoms. The van der Waals surface area contributed by atoms with Crippen LogP contribution in [-0.2, 0) is 17.9 Å². The smallest absolute Gasteiger partial charge is 0.244 e. The summed E-state index contributed by atoms with van der Waals surface area (Å²) in [5.74, 6) is 0.652. The molecule has 0 saturated heterocycles. The number of ether oxygens (including phenoxy) is 2. The zero-order valence-corrected chi connectivity index (χ0v) is 16.9. The highest BCUT2D eigenvalue weighted by Gasteiger charge is 2.07. The Morgan fingerprint density at radius 1 is 1.17 bits per heavy atom. The highest BCUT2D eigenvalue weighted by atomic mass is 19.1. The highest BCUT2D eigenvalue weighted by Crippen LogP contribution is 2.21. The summed E-state index contributed by atoms with van der Waals surface area (Å²) in [6.07, 6.45) is 6.58. The van der Waals surface area contributed by atoms with Gasteiger partial charge in [-0.25, -0.2) is 4.39 Å². The van der Waals surface area contributed by atoms with Crippen molar-refractivity contribution >= 4 is 12.0 Å². The van der Waals surface area contributed by atoms with Crippen molar-refractivity contribution in [2.24, 2.45) is 0 Å². The third-order valence-electron chi connectivity index (χ3n) is 4.51. The monoisotopic (exact) mass is 406 g/mol. The molecule has 0 aliphatic heterocycles. The molecule has 6 heteroatoms. The van der Waals surface area contributed by atoms with Crippen LogP contribution in [0.3, 0.4) is 0 Å². The van der Waals surface area contributed by atoms with Crippen LogP contribution in [0.15, 0.2) is 67.0 Å². The Kier molecular flexibility index (Phi) is 7.16. The largest absolute Gasteiger partial charge is 0.497 e. The van der Waals surface area contributed by atoms with E-state index in [9.17, 15) is 9.18 Å². The van der Waals surface area contributed by atoms with Gasteiger partial charge in [-0.05, 0) is 60.0 Å². The second-order valence-electron chi connectivity index (χ2n) is 6.68. The van der Waals surface area contributed by atoms with Crippen molar-refractivity contribution in [3.63, 3.8) is 0 Å². The number of aromatic nitrogens is 1. The lowest BCUT2D eigenvalue weighted by molar-refractivity contribution is -0.116. The molecule has 0 saturated carbocycles. The molecular formula is C24H23FN2O3. The molecule has 2 aromatic carbocycles. The van der Waals surface area contributed by atoms with Crippen LogP contribution in [0.5, 0.6) is 11.5 Å². The van der Waals surface area contributed by atoms with Gasteiger partial charge in [0.15, 0.2) is 0 Å². The van der Waals surface area contributed by atoms with Crippen LogP contribution in [0.1, 0.15) is 22.3 Å². The zero-order valence-electron chi connectivity index (χ0n) is 16.9. The minimum atomic E-state index is -0.361. The fourth-order valence-electron chi connectivity index (χ4n) is 2.76. The van der Waals surface area contributed by atoms with Gasteiger partial charge in [0.2, 0.25) is 5.91 Å². The number of nitrogens with one attached hydrogen (secondary N) is 1. The van der Waals surface area contributed by atoms with E-state index in [1.54, 1.807) is 62.0 Å². The van der Waals surface area contributed by atoms with Gasteiger partial charge in [-0.1, -0.05) is 12.1 Å². The Labute approximate surface area is 175 Å². The molecule has 1 amide bonds. The molecule has 1 N–H and O–H groups in total. The van der Waals surface area contributed by atoms with Gasteiger partial charge in [0.25, 0.3) is 0 Å². The number of hydrogen-bond acceptors (Lipinski definition) is 4. The number of methoxy groups -OCH3 is 1. The van der Waals surface area contributed by atoms with Crippen molar-refractivity contribution in [1.82, 2.24) is 10.3 Å². The Bertz CT molecular complexity index is 1050. The molecule has 0 fully saturated rings. The van der Waals surface area contributed by atoms with Gasteiger partial charge in [-0.15, -0.1) is 0 Å². The van der Waals surface area contributed by atoms with Crippen LogP contribution >= 0.6 is 0 Å². The van der Waals surface area contributed by atoms with Gasteiger partial charge in [-0.2, -0.15) is 0 Å². The summed E-state index contributed by atoms with van der Waals surface area (Å²) in [6, 6.07) is 13.7. The minimum absolute atomic E-state index is 0.0704. The molecule has 30 heavy (non-hydrogen) atoms. The number of benzene rings is 2. The number of pyridine rings is 1. The number of amides is 1. The lowest BCUT2D eigenvalue weighted by Gasteiger charge is -2.10. The van der Waals surface area contributed by atoms with Crippen LogP contribution in [0.4, 0.5) is 4.39 Å². The first-order valence-corrected chi connectivity index (χ1v) is 9.46. The Morgan fingerprint density at radius 2 is 2.00 bits per heavy atom. The van der Waals surface area contributed by atoms with Crippen LogP contribution in [0.25, 0.3) is 6.08 Å². The number of nitrogens with zero attached hydrogens (tertiary/aromatic N) is 1. The first-order valence-electron chi connectivity index (χ1n) is 9.46. The van der Waals surface area contributed by atoms with Crippen LogP contribution in [-0.4, -0.2) is 18.0 Å². The van der Waals surface area contributed by atoms with Crippen molar-refractivity contribution in [3.8, 4) is 11.5 Å². The number of rotatable bonds is 8. The van der Waals surface area contributed by atoms with E-state index in [4.69, 9.17) is 9.47 Å². The van der Waals surface area contributed by atoms with E-state index in [1.165, 1.54) is 12.1 Å². The topological polar surface area (TPSA) is 60.5 Å². The number of carbonyl (C=O) groups excluding carboxylic acids is 1. The average molecular weight is 406 g/mol. The van der Waals surface area contributed by atoms with E-state index in [2.05, 4.69) is 10.3 Å². The SMILES string of the molecule is COc1cccc(OCc2cc(CNC(=O)/C=C/c3cnccc3C)ccc2F)c1. The van der Waals surface area contributed by atoms with Gasteiger partial charge in [-0.3, -0.25) is 9.78 Å². The van der Waals surface area contributed by atoms with Crippen molar-refractivity contribution in [2.75, 3.05) is 7.11 Å². The molecule has 154 valence electrons. The molecule has 0 bridgehead atoms. The molecule has 5 nitrogen and oxygen atoms in total. The molecule has 1 heterocycles. The highest BCUT2D eigenvalue weighted by molar-refractivity contribution is 5.91. The first kappa shape index (κ1) is 21.0. The van der Waals surface area contributed by atoms with Gasteiger partial charge in [0.1, 0.15) is 23.9 Å². The lowest BCUT2D eigenvalue weighted by atomic mass is 10.1. The van der Waals surface area contributed by atoms with E-state index in [0.29, 0.717) is 17.1 Å². The zero-order chi connectivity index (χ0) is 21.3. The molecule has 0 aliphatic carbocycles. The Hall–Kier alpha value is -3.67. The summed E-state index contributed by atoms with van der Waals surface area (Å²) in [5.41, 5.74) is 3.10. The van der Waals surface area contributed by atoms with E-state index in [1.807, 2.05) is 13.0 Å². The first-order chi connectivity index (χ1) is 14.5. The molecule has 0 unspecified atom stereocenters. The predicted molar refractivity (Wildman–Crippen MR) is 114 cm³/mol. The third-order valence-corrected chi connectivity index (χ3v) is 4.51. The van der Waals surface area contributed by atoms with Gasteiger partial charge >= 0.3 is 0 Å². The van der Waals surface area contributed by atoms with Crippen molar-refractivity contribution < 1.29 is 18.7 Å². The van der Waals surface area contributed by atoms with Gasteiger partial charge in [0.05, 0.1) is 7.11 Å². The fourth-order valence-corrected chi connectivity index (χ4v) is 2.76. The Balaban J connectivity index is 1.58. The number of carbonyl (C=O) groups is 1. The van der Waals surface area contributed by atoms with E-state index in [0.717, 1.165) is 16.7 Å². The van der Waals surface area contributed by atoms with Crippen molar-refractivity contribution in [2.45, 2.75) is 20.1 Å². The van der Waals surface area contributed by atoms with E-state index in [-0.39, 0.29) is 24.9 Å². The molecule has 3 rings (SSSR count). The minimum Gasteiger partial charge on any atom is -0.497 e. The van der Waals surface area contributed by atoms with Crippen molar-refractivity contribution in [3.05, 3.63) is 95.1 Å². The van der Waals surface area contributed by atoms with Gasteiger partial charge in [0, 0.05) is 36.6 Å². The van der Waals surface area contributed by atoms with Crippen molar-refractivity contribution in [1.29, 1.82) is 0 Å². The summed E-state index contributed by atoms with van der Waals surface area (Å²) in [7, 11) is 1.57. The number of hydrogen-bond donors (Lipinski definition) is 1. The maximum Gasteiger partial charge on any atom is 0.244 e. The van der Waals surface area contributed by atoms with Gasteiger partial charge < -0.3 is 14.8 Å². The van der Waals surface area contributed by atoms with Crippen LogP contribution in [0.2, 0.25) is 0 Å². The summed E-state index contributed by atoms with van der Waals surface area (Å²) in [4.78, 5) is 16.1. The molecule has 0 radical (unpaired) electrons. The quantitative estimate of drug-likeness (QED) is 0.562. The normalized spacial score (nSPS) is 10.8. The second kappa shape index (κ2) is 10.2. The summed E-state index contributed by atoms with van der Waals surface area (Å²) in [5, 5.41) is 2.80. The lowest BCUT2D eigenvalue weighted by Crippen LogP contribution is -2.20. The van der Waals surface area contributed by atoms with E-state index >= 15 is 0 Å². The maximum absolute atomic E-state index is 14.2. The second-order valence-corrected chi connectivity index (χ2v) is 6.68. The summed E-state index contributed by atoms with van der Waals surface area (Å²) in [6.45, 7) is 2.30. The standard InChI is InChI=1S/C24H23FN2O3/c1-17-10-11-26-15-19(17)7-9-24(28)27-14-18-6-8-23(25)20(12-18)16-30-22-5-3-4-21(13-22)29-2/h3-13,15H,14,16H2,1-2H3,(H,27,28)/b9-7+. The summed E-state index contributed by atoms with van der Waals surface area (Å²) >= 11 is 0. The molecule has 0 atom stereocenters. The summed E-state index contributed by atoms with van der Waals surface area (Å²) < 4.78 is 25.0. The molecular weight excluding hydrogens is 383 g/mol. The maximum atomic E-state index is 14.2. The third kappa shape index (κ3) is 5.91. The Morgan fingerprint density at radius 3 is 2.80 bits per heavy atom. The van der Waals surface area contributed by atoms with Crippen LogP contribution in [0, 0.1) is 12.7 Å². The predicted octanol–water partition coefficient (Wildman–Crippen LogP) is 4.45.